The Morgan fingerprint density at radius 2 is 2.30 bits per heavy atom. The Hall–Kier alpha value is -2.61. The molecular formula is C19H25N5O3. The Kier molecular flexibility index (Phi) is 4.73. The van der Waals surface area contributed by atoms with Crippen LogP contribution in [0.5, 0.6) is 5.88 Å². The number of hydrogen-bond acceptors (Lipinski definition) is 6. The van der Waals surface area contributed by atoms with E-state index in [1.54, 1.807) is 7.11 Å². The maximum atomic E-state index is 12.2. The minimum Gasteiger partial charge on any atom is -0.481 e. The third-order valence-corrected chi connectivity index (χ3v) is 5.48. The molecule has 2 aromatic heterocycles. The third-order valence-electron chi connectivity index (χ3n) is 5.48. The number of carbonyl (C=O) groups excluding carboxylic acids is 1. The van der Waals surface area contributed by atoms with Crippen LogP contribution in [0, 0.1) is 5.92 Å². The van der Waals surface area contributed by atoms with Crippen LogP contribution in [-0.4, -0.2) is 59.4 Å². The van der Waals surface area contributed by atoms with Gasteiger partial charge in [-0.05, 0) is 30.9 Å². The number of carbonyl (C=O) groups is 1. The van der Waals surface area contributed by atoms with Crippen LogP contribution < -0.4 is 15.0 Å². The summed E-state index contributed by atoms with van der Waals surface area (Å²) in [7, 11) is 3.47. The number of anilines is 1. The first-order valence-corrected chi connectivity index (χ1v) is 9.23. The molecule has 0 aromatic carbocycles. The molecule has 8 nitrogen and oxygen atoms in total. The maximum absolute atomic E-state index is 12.2. The number of nitrogens with one attached hydrogen (secondary N) is 1. The highest BCUT2D eigenvalue weighted by Gasteiger charge is 2.47. The van der Waals surface area contributed by atoms with Crippen molar-refractivity contribution in [2.45, 2.75) is 18.4 Å². The van der Waals surface area contributed by atoms with Gasteiger partial charge in [0.25, 0.3) is 5.91 Å². The summed E-state index contributed by atoms with van der Waals surface area (Å²) in [6.45, 7) is 2.98. The number of hydrogen-bond donors (Lipinski definition) is 1. The quantitative estimate of drug-likeness (QED) is 0.852. The van der Waals surface area contributed by atoms with E-state index < -0.39 is 0 Å². The first-order valence-electron chi connectivity index (χ1n) is 9.23. The molecule has 4 rings (SSSR count). The lowest BCUT2D eigenvalue weighted by molar-refractivity contribution is -0.115. The van der Waals surface area contributed by atoms with Crippen molar-refractivity contribution in [2.24, 2.45) is 13.0 Å². The standard InChI is InChI=1S/C19H25N5O3/c1-23-7-3-4-15(23)18(25)20-9-14-5-6-19(27-10-14)11-24(12-19)16-8-17(26-2)22-13-21-16/h3-4,7-8,13-14H,5-6,9-12H2,1-2H3,(H,20,25). The van der Waals surface area contributed by atoms with Crippen molar-refractivity contribution in [3.63, 3.8) is 0 Å². The van der Waals surface area contributed by atoms with E-state index in [1.807, 2.05) is 36.0 Å². The second kappa shape index (κ2) is 7.19. The van der Waals surface area contributed by atoms with E-state index >= 15 is 0 Å². The van der Waals surface area contributed by atoms with E-state index in [4.69, 9.17) is 9.47 Å². The second-order valence-corrected chi connectivity index (χ2v) is 7.39. The van der Waals surface area contributed by atoms with Crippen molar-refractivity contribution >= 4 is 11.7 Å². The second-order valence-electron chi connectivity index (χ2n) is 7.39. The van der Waals surface area contributed by atoms with E-state index in [0.29, 0.717) is 30.6 Å². The van der Waals surface area contributed by atoms with Crippen molar-refractivity contribution in [1.82, 2.24) is 19.9 Å². The van der Waals surface area contributed by atoms with Crippen LogP contribution in [0.2, 0.25) is 0 Å². The minimum absolute atomic E-state index is 0.0321. The minimum atomic E-state index is -0.0865. The molecule has 1 N–H and O–H groups in total. The molecule has 0 saturated carbocycles. The van der Waals surface area contributed by atoms with Crippen LogP contribution in [0.4, 0.5) is 5.82 Å². The number of amides is 1. The van der Waals surface area contributed by atoms with Gasteiger partial charge >= 0.3 is 0 Å². The van der Waals surface area contributed by atoms with Crippen LogP contribution in [0.1, 0.15) is 23.3 Å². The topological polar surface area (TPSA) is 81.5 Å². The molecule has 0 aliphatic carbocycles. The number of ether oxygens (including phenoxy) is 2. The van der Waals surface area contributed by atoms with Crippen molar-refractivity contribution < 1.29 is 14.3 Å². The van der Waals surface area contributed by atoms with Crippen LogP contribution in [0.15, 0.2) is 30.7 Å². The number of methoxy groups -OCH3 is 1. The van der Waals surface area contributed by atoms with Gasteiger partial charge in [0.05, 0.1) is 26.8 Å². The first-order chi connectivity index (χ1) is 13.1. The van der Waals surface area contributed by atoms with E-state index in [1.165, 1.54) is 6.33 Å². The zero-order valence-electron chi connectivity index (χ0n) is 15.7. The Morgan fingerprint density at radius 1 is 1.44 bits per heavy atom. The van der Waals surface area contributed by atoms with Gasteiger partial charge in [-0.15, -0.1) is 0 Å². The van der Waals surface area contributed by atoms with Gasteiger partial charge in [-0.1, -0.05) is 0 Å². The number of aromatic nitrogens is 3. The Bertz CT molecular complexity index is 805. The number of aryl methyl sites for hydroxylation is 1. The van der Waals surface area contributed by atoms with Gasteiger partial charge < -0.3 is 24.3 Å². The molecule has 1 spiro atoms. The van der Waals surface area contributed by atoms with Gasteiger partial charge in [-0.25, -0.2) is 9.97 Å². The fourth-order valence-electron chi connectivity index (χ4n) is 3.78. The van der Waals surface area contributed by atoms with Gasteiger partial charge in [0.15, 0.2) is 0 Å². The van der Waals surface area contributed by atoms with Gasteiger partial charge in [0, 0.05) is 25.9 Å². The molecule has 2 saturated heterocycles. The Balaban J connectivity index is 1.24. The van der Waals surface area contributed by atoms with E-state index in [0.717, 1.165) is 31.7 Å². The highest BCUT2D eigenvalue weighted by molar-refractivity contribution is 5.92. The van der Waals surface area contributed by atoms with Gasteiger partial charge in [-0.2, -0.15) is 0 Å². The predicted octanol–water partition coefficient (Wildman–Crippen LogP) is 1.24. The molecule has 4 heterocycles. The Labute approximate surface area is 158 Å². The lowest BCUT2D eigenvalue weighted by Crippen LogP contribution is -2.65. The monoisotopic (exact) mass is 371 g/mol. The first kappa shape index (κ1) is 17.8. The molecule has 144 valence electrons. The fraction of sp³-hybridized carbons (Fsp3) is 0.526. The predicted molar refractivity (Wildman–Crippen MR) is 100.0 cm³/mol. The average molecular weight is 371 g/mol. The summed E-state index contributed by atoms with van der Waals surface area (Å²) < 4.78 is 13.2. The normalized spacial score (nSPS) is 21.0. The summed E-state index contributed by atoms with van der Waals surface area (Å²) in [5.41, 5.74) is 0.592. The molecule has 1 amide bonds. The smallest absolute Gasteiger partial charge is 0.267 e. The lowest BCUT2D eigenvalue weighted by atomic mass is 9.83. The zero-order valence-corrected chi connectivity index (χ0v) is 15.7. The van der Waals surface area contributed by atoms with Crippen LogP contribution in [0.3, 0.4) is 0 Å². The highest BCUT2D eigenvalue weighted by atomic mass is 16.5. The molecule has 2 aliphatic heterocycles. The molecule has 0 bridgehead atoms. The van der Waals surface area contributed by atoms with E-state index in [2.05, 4.69) is 20.2 Å². The van der Waals surface area contributed by atoms with Crippen LogP contribution in [0.25, 0.3) is 0 Å². The molecule has 1 unspecified atom stereocenters. The summed E-state index contributed by atoms with van der Waals surface area (Å²) >= 11 is 0. The summed E-state index contributed by atoms with van der Waals surface area (Å²) in [5, 5.41) is 3.03. The lowest BCUT2D eigenvalue weighted by Gasteiger charge is -2.53. The Morgan fingerprint density at radius 3 is 2.96 bits per heavy atom. The summed E-state index contributed by atoms with van der Waals surface area (Å²) in [5.74, 6) is 1.76. The summed E-state index contributed by atoms with van der Waals surface area (Å²) in [4.78, 5) is 22.8. The number of nitrogens with zero attached hydrogens (tertiary/aromatic N) is 4. The van der Waals surface area contributed by atoms with E-state index in [9.17, 15) is 4.79 Å². The largest absolute Gasteiger partial charge is 0.481 e. The molecule has 0 radical (unpaired) electrons. The highest BCUT2D eigenvalue weighted by Crippen LogP contribution is 2.38. The van der Waals surface area contributed by atoms with Crippen LogP contribution in [-0.2, 0) is 11.8 Å². The van der Waals surface area contributed by atoms with Crippen molar-refractivity contribution in [1.29, 1.82) is 0 Å². The molecule has 2 aromatic rings. The number of rotatable bonds is 5. The molecule has 1 atom stereocenters. The molecule has 27 heavy (non-hydrogen) atoms. The maximum Gasteiger partial charge on any atom is 0.267 e. The molecule has 2 aliphatic rings. The van der Waals surface area contributed by atoms with Gasteiger partial charge in [0.2, 0.25) is 5.88 Å². The molecule has 2 fully saturated rings. The van der Waals surface area contributed by atoms with Crippen LogP contribution >= 0.6 is 0 Å². The van der Waals surface area contributed by atoms with Crippen molar-refractivity contribution in [3.8, 4) is 5.88 Å². The third kappa shape index (κ3) is 3.62. The van der Waals surface area contributed by atoms with Crippen molar-refractivity contribution in [2.75, 3.05) is 38.3 Å². The molecule has 8 heteroatoms. The summed E-state index contributed by atoms with van der Waals surface area (Å²) in [6, 6.07) is 5.54. The van der Waals surface area contributed by atoms with E-state index in [-0.39, 0.29) is 11.5 Å². The SMILES string of the molecule is COc1cc(N2CC3(CCC(CNC(=O)c4cccn4C)CO3)C2)ncn1. The molecular weight excluding hydrogens is 346 g/mol. The van der Waals surface area contributed by atoms with Gasteiger partial charge in [-0.3, -0.25) is 4.79 Å². The van der Waals surface area contributed by atoms with Gasteiger partial charge in [0.1, 0.15) is 23.4 Å². The summed E-state index contributed by atoms with van der Waals surface area (Å²) in [6.07, 6.45) is 5.44. The average Bonchev–Trinajstić information content (AvgIpc) is 3.11. The fourth-order valence-corrected chi connectivity index (χ4v) is 3.78. The zero-order chi connectivity index (χ0) is 18.9. The van der Waals surface area contributed by atoms with Crippen molar-refractivity contribution in [3.05, 3.63) is 36.4 Å².